The molecule has 1 saturated heterocycles. The molecule has 2 atom stereocenters. The van der Waals surface area contributed by atoms with Gasteiger partial charge in [-0.1, -0.05) is 6.92 Å². The summed E-state index contributed by atoms with van der Waals surface area (Å²) in [5, 5.41) is 0. The van der Waals surface area contributed by atoms with Gasteiger partial charge >= 0.3 is 0 Å². The Morgan fingerprint density at radius 3 is 2.38 bits per heavy atom. The molecular weight excluding hydrogens is 114 g/mol. The molecule has 48 valence electrons. The molecule has 1 fully saturated rings. The molecule has 1 rings (SSSR count). The minimum Gasteiger partial charge on any atom is -0.363 e. The van der Waals surface area contributed by atoms with Gasteiger partial charge in [0.05, 0.1) is 6.10 Å². The second kappa shape index (κ2) is 1.97. The van der Waals surface area contributed by atoms with E-state index in [9.17, 15) is 8.78 Å². The second-order valence-corrected chi connectivity index (χ2v) is 1.88. The van der Waals surface area contributed by atoms with Gasteiger partial charge in [-0.3, -0.25) is 0 Å². The van der Waals surface area contributed by atoms with Gasteiger partial charge in [0.15, 0.2) is 0 Å². The number of alkyl halides is 2. The molecule has 0 saturated carbocycles. The lowest BCUT2D eigenvalue weighted by Gasteiger charge is -1.85. The van der Waals surface area contributed by atoms with Crippen molar-refractivity contribution in [2.45, 2.75) is 32.0 Å². The highest BCUT2D eigenvalue weighted by atomic mass is 19.3. The summed E-state index contributed by atoms with van der Waals surface area (Å²) in [4.78, 5) is 0. The van der Waals surface area contributed by atoms with E-state index >= 15 is 0 Å². The van der Waals surface area contributed by atoms with Crippen LogP contribution < -0.4 is 0 Å². The zero-order valence-electron chi connectivity index (χ0n) is 4.60. The summed E-state index contributed by atoms with van der Waals surface area (Å²) >= 11 is 0. The van der Waals surface area contributed by atoms with Crippen LogP contribution in [0.1, 0.15) is 13.3 Å². The van der Waals surface area contributed by atoms with Crippen molar-refractivity contribution < 1.29 is 13.5 Å². The lowest BCUT2D eigenvalue weighted by atomic mass is 10.3. The predicted octanol–water partition coefficient (Wildman–Crippen LogP) is 1.43. The molecule has 0 bridgehead atoms. The van der Waals surface area contributed by atoms with E-state index < -0.39 is 12.5 Å². The van der Waals surface area contributed by atoms with E-state index in [-0.39, 0.29) is 6.10 Å². The first-order valence-corrected chi connectivity index (χ1v) is 2.69. The van der Waals surface area contributed by atoms with E-state index in [2.05, 4.69) is 4.74 Å². The van der Waals surface area contributed by atoms with Gasteiger partial charge in [-0.05, 0) is 6.42 Å². The summed E-state index contributed by atoms with van der Waals surface area (Å²) in [6, 6.07) is 0. The number of hydrogen-bond acceptors (Lipinski definition) is 1. The monoisotopic (exact) mass is 122 g/mol. The Morgan fingerprint density at radius 2 is 2.25 bits per heavy atom. The zero-order chi connectivity index (χ0) is 6.15. The number of epoxide rings is 1. The average molecular weight is 122 g/mol. The molecule has 0 amide bonds. The molecule has 3 heteroatoms. The molecule has 1 heterocycles. The molecule has 0 aliphatic carbocycles. The number of halogens is 2. The van der Waals surface area contributed by atoms with Crippen molar-refractivity contribution in [3.63, 3.8) is 0 Å². The molecule has 0 radical (unpaired) electrons. The van der Waals surface area contributed by atoms with Crippen molar-refractivity contribution in [1.82, 2.24) is 0 Å². The smallest absolute Gasteiger partial charge is 0.266 e. The van der Waals surface area contributed by atoms with E-state index in [1.165, 1.54) is 0 Å². The summed E-state index contributed by atoms with van der Waals surface area (Å²) in [6.07, 6.45) is -2.48. The summed E-state index contributed by atoms with van der Waals surface area (Å²) < 4.78 is 27.6. The van der Waals surface area contributed by atoms with Crippen LogP contribution in [0.15, 0.2) is 0 Å². The molecule has 1 aliphatic rings. The maximum absolute atomic E-state index is 11.5. The summed E-state index contributed by atoms with van der Waals surface area (Å²) in [6.45, 7) is 1.84. The van der Waals surface area contributed by atoms with E-state index in [0.29, 0.717) is 6.42 Å². The number of ether oxygens (including phenoxy) is 1. The van der Waals surface area contributed by atoms with Crippen molar-refractivity contribution in [2.75, 3.05) is 0 Å². The average Bonchev–Trinajstić information content (AvgIpc) is 2.42. The fraction of sp³-hybridized carbons (Fsp3) is 1.00. The summed E-state index contributed by atoms with van der Waals surface area (Å²) in [5.74, 6) is 0. The Morgan fingerprint density at radius 1 is 1.62 bits per heavy atom. The standard InChI is InChI=1S/C5H8F2O/c1-2-3-4(8-3)5(6)7/h3-5H,2H2,1H3. The molecule has 0 aromatic carbocycles. The molecule has 8 heavy (non-hydrogen) atoms. The molecule has 1 nitrogen and oxygen atoms in total. The Bertz CT molecular complexity index is 84.5. The molecule has 0 aromatic heterocycles. The Balaban J connectivity index is 2.16. The Kier molecular flexibility index (Phi) is 1.47. The summed E-state index contributed by atoms with van der Waals surface area (Å²) in [7, 11) is 0. The quantitative estimate of drug-likeness (QED) is 0.505. The van der Waals surface area contributed by atoms with Crippen LogP contribution in [0, 0.1) is 0 Å². The molecule has 0 spiro atoms. The van der Waals surface area contributed by atoms with Crippen LogP contribution in [-0.2, 0) is 4.74 Å². The van der Waals surface area contributed by atoms with Crippen molar-refractivity contribution in [1.29, 1.82) is 0 Å². The maximum Gasteiger partial charge on any atom is 0.266 e. The second-order valence-electron chi connectivity index (χ2n) is 1.88. The van der Waals surface area contributed by atoms with Crippen LogP contribution in [-0.4, -0.2) is 18.6 Å². The van der Waals surface area contributed by atoms with Crippen LogP contribution in [0.3, 0.4) is 0 Å². The molecule has 1 aliphatic heterocycles. The highest BCUT2D eigenvalue weighted by molar-refractivity contribution is 4.85. The fourth-order valence-electron chi connectivity index (χ4n) is 0.707. The highest BCUT2D eigenvalue weighted by Crippen LogP contribution is 2.29. The molecule has 0 aromatic rings. The molecular formula is C5H8F2O. The molecule has 2 unspecified atom stereocenters. The van der Waals surface area contributed by atoms with Crippen LogP contribution >= 0.6 is 0 Å². The lowest BCUT2D eigenvalue weighted by molar-refractivity contribution is 0.108. The first-order chi connectivity index (χ1) is 3.75. The predicted molar refractivity (Wildman–Crippen MR) is 25.0 cm³/mol. The van der Waals surface area contributed by atoms with Crippen LogP contribution in [0.4, 0.5) is 8.78 Å². The van der Waals surface area contributed by atoms with Crippen molar-refractivity contribution in [3.05, 3.63) is 0 Å². The topological polar surface area (TPSA) is 12.5 Å². The first-order valence-electron chi connectivity index (χ1n) is 2.69. The van der Waals surface area contributed by atoms with E-state index in [4.69, 9.17) is 0 Å². The Labute approximate surface area is 46.6 Å². The number of rotatable bonds is 2. The van der Waals surface area contributed by atoms with Gasteiger partial charge in [0.1, 0.15) is 6.10 Å². The molecule has 0 N–H and O–H groups in total. The third kappa shape index (κ3) is 0.968. The minimum absolute atomic E-state index is 0.157. The number of hydrogen-bond donors (Lipinski definition) is 0. The largest absolute Gasteiger partial charge is 0.363 e. The third-order valence-corrected chi connectivity index (χ3v) is 1.27. The SMILES string of the molecule is CCC1OC1C(F)F. The van der Waals surface area contributed by atoms with Gasteiger partial charge in [0.25, 0.3) is 6.43 Å². The van der Waals surface area contributed by atoms with Gasteiger partial charge in [-0.25, -0.2) is 8.78 Å². The van der Waals surface area contributed by atoms with Crippen molar-refractivity contribution in [2.24, 2.45) is 0 Å². The van der Waals surface area contributed by atoms with E-state index in [1.54, 1.807) is 0 Å². The third-order valence-electron chi connectivity index (χ3n) is 1.27. The van der Waals surface area contributed by atoms with Crippen molar-refractivity contribution >= 4 is 0 Å². The van der Waals surface area contributed by atoms with Gasteiger partial charge in [-0.2, -0.15) is 0 Å². The Hall–Kier alpha value is -0.180. The van der Waals surface area contributed by atoms with Gasteiger partial charge in [0.2, 0.25) is 0 Å². The van der Waals surface area contributed by atoms with E-state index in [0.717, 1.165) is 0 Å². The van der Waals surface area contributed by atoms with Crippen LogP contribution in [0.2, 0.25) is 0 Å². The lowest BCUT2D eigenvalue weighted by Crippen LogP contribution is -2.03. The maximum atomic E-state index is 11.5. The van der Waals surface area contributed by atoms with Crippen LogP contribution in [0.25, 0.3) is 0 Å². The fourth-order valence-corrected chi connectivity index (χ4v) is 0.707. The van der Waals surface area contributed by atoms with Crippen LogP contribution in [0.5, 0.6) is 0 Å². The van der Waals surface area contributed by atoms with Crippen molar-refractivity contribution in [3.8, 4) is 0 Å². The zero-order valence-corrected chi connectivity index (χ0v) is 4.60. The van der Waals surface area contributed by atoms with E-state index in [1.807, 2.05) is 6.92 Å². The minimum atomic E-state index is -2.28. The normalized spacial score (nSPS) is 36.0. The first kappa shape index (κ1) is 5.95. The van der Waals surface area contributed by atoms with Gasteiger partial charge in [-0.15, -0.1) is 0 Å². The van der Waals surface area contributed by atoms with Gasteiger partial charge in [0, 0.05) is 0 Å². The van der Waals surface area contributed by atoms with Gasteiger partial charge < -0.3 is 4.74 Å². The summed E-state index contributed by atoms with van der Waals surface area (Å²) in [5.41, 5.74) is 0. The highest BCUT2D eigenvalue weighted by Gasteiger charge is 2.44.